The van der Waals surface area contributed by atoms with Gasteiger partial charge in [-0.1, -0.05) is 17.7 Å². The highest BCUT2D eigenvalue weighted by molar-refractivity contribution is 7.07. The number of para-hydroxylation sites is 1. The summed E-state index contributed by atoms with van der Waals surface area (Å²) in [6.45, 7) is 0.406. The van der Waals surface area contributed by atoms with E-state index < -0.39 is 11.7 Å². The predicted octanol–water partition coefficient (Wildman–Crippen LogP) is 5.07. The summed E-state index contributed by atoms with van der Waals surface area (Å²) >= 11 is 7.40. The fourth-order valence-corrected chi connectivity index (χ4v) is 2.65. The molecule has 1 aromatic carbocycles. The van der Waals surface area contributed by atoms with Crippen LogP contribution in [0.2, 0.25) is 5.02 Å². The third kappa shape index (κ3) is 3.64. The van der Waals surface area contributed by atoms with Gasteiger partial charge in [0.1, 0.15) is 0 Å². The van der Waals surface area contributed by atoms with Gasteiger partial charge in [-0.15, -0.1) is 0 Å². The Kier molecular flexibility index (Phi) is 4.37. The molecule has 1 N–H and O–H groups in total. The van der Waals surface area contributed by atoms with Gasteiger partial charge in [0.15, 0.2) is 0 Å². The molecular formula is C13H11ClF3NS. The average molecular weight is 306 g/mol. The summed E-state index contributed by atoms with van der Waals surface area (Å²) in [5.74, 6) is 0. The Morgan fingerprint density at radius 3 is 2.63 bits per heavy atom. The molecular weight excluding hydrogens is 295 g/mol. The lowest BCUT2D eigenvalue weighted by molar-refractivity contribution is -0.136. The minimum atomic E-state index is -4.41. The smallest absolute Gasteiger partial charge is 0.383 e. The Balaban J connectivity index is 2.11. The van der Waals surface area contributed by atoms with Crippen LogP contribution in [0.15, 0.2) is 35.0 Å². The summed E-state index contributed by atoms with van der Waals surface area (Å²) in [6, 6.07) is 5.72. The molecule has 1 nitrogen and oxygen atoms in total. The molecule has 0 spiro atoms. The first-order valence-corrected chi connectivity index (χ1v) is 6.91. The third-order valence-electron chi connectivity index (χ3n) is 2.61. The van der Waals surface area contributed by atoms with Crippen molar-refractivity contribution in [3.05, 3.63) is 51.2 Å². The maximum Gasteiger partial charge on any atom is 0.418 e. The number of benzene rings is 1. The number of hydrogen-bond acceptors (Lipinski definition) is 2. The summed E-state index contributed by atoms with van der Waals surface area (Å²) < 4.78 is 38.5. The minimum Gasteiger partial charge on any atom is -0.383 e. The molecule has 0 amide bonds. The van der Waals surface area contributed by atoms with Gasteiger partial charge >= 0.3 is 6.18 Å². The first kappa shape index (κ1) is 14.2. The van der Waals surface area contributed by atoms with Gasteiger partial charge in [-0.05, 0) is 40.9 Å². The van der Waals surface area contributed by atoms with E-state index in [0.29, 0.717) is 13.0 Å². The van der Waals surface area contributed by atoms with Gasteiger partial charge in [0.25, 0.3) is 0 Å². The van der Waals surface area contributed by atoms with Crippen LogP contribution in [0.1, 0.15) is 11.1 Å². The summed E-state index contributed by atoms with van der Waals surface area (Å²) in [4.78, 5) is 0. The van der Waals surface area contributed by atoms with Crippen molar-refractivity contribution in [3.8, 4) is 0 Å². The number of alkyl halides is 3. The zero-order valence-corrected chi connectivity index (χ0v) is 11.4. The van der Waals surface area contributed by atoms with Crippen molar-refractivity contribution in [1.29, 1.82) is 0 Å². The topological polar surface area (TPSA) is 12.0 Å². The van der Waals surface area contributed by atoms with Crippen LogP contribution in [0.25, 0.3) is 0 Å². The number of anilines is 1. The lowest BCUT2D eigenvalue weighted by Gasteiger charge is -2.15. The fraction of sp³-hybridized carbons (Fsp3) is 0.231. The molecule has 0 atom stereocenters. The van der Waals surface area contributed by atoms with Crippen LogP contribution >= 0.6 is 22.9 Å². The average Bonchev–Trinajstić information content (AvgIpc) is 2.82. The highest BCUT2D eigenvalue weighted by atomic mass is 35.5. The second-order valence-corrected chi connectivity index (χ2v) is 5.16. The van der Waals surface area contributed by atoms with Gasteiger partial charge in [0.2, 0.25) is 0 Å². The summed E-state index contributed by atoms with van der Waals surface area (Å²) in [6.07, 6.45) is -3.75. The van der Waals surface area contributed by atoms with Gasteiger partial charge in [-0.3, -0.25) is 0 Å². The molecule has 1 aromatic heterocycles. The lowest BCUT2D eigenvalue weighted by Crippen LogP contribution is -2.13. The van der Waals surface area contributed by atoms with E-state index in [-0.39, 0.29) is 10.7 Å². The number of hydrogen-bond donors (Lipinski definition) is 1. The zero-order valence-electron chi connectivity index (χ0n) is 9.80. The summed E-state index contributed by atoms with van der Waals surface area (Å²) in [5.41, 5.74) is 0.315. The van der Waals surface area contributed by atoms with E-state index >= 15 is 0 Å². The highest BCUT2D eigenvalue weighted by Crippen LogP contribution is 2.38. The SMILES string of the molecule is FC(F)(F)c1cccc(Cl)c1NCCc1ccsc1. The van der Waals surface area contributed by atoms with Crippen molar-refractivity contribution < 1.29 is 13.2 Å². The molecule has 0 fully saturated rings. The third-order valence-corrected chi connectivity index (χ3v) is 3.66. The summed E-state index contributed by atoms with van der Waals surface area (Å²) in [5, 5.41) is 6.77. The largest absolute Gasteiger partial charge is 0.418 e. The van der Waals surface area contributed by atoms with Crippen molar-refractivity contribution >= 4 is 28.6 Å². The lowest BCUT2D eigenvalue weighted by atomic mass is 10.1. The Morgan fingerprint density at radius 2 is 2.00 bits per heavy atom. The minimum absolute atomic E-state index is 0.0492. The maximum atomic E-state index is 12.8. The van der Waals surface area contributed by atoms with Crippen molar-refractivity contribution in [3.63, 3.8) is 0 Å². The monoisotopic (exact) mass is 305 g/mol. The highest BCUT2D eigenvalue weighted by Gasteiger charge is 2.34. The number of rotatable bonds is 4. The first-order valence-electron chi connectivity index (χ1n) is 5.59. The molecule has 0 radical (unpaired) electrons. The molecule has 0 aliphatic carbocycles. The Hall–Kier alpha value is -1.20. The van der Waals surface area contributed by atoms with Crippen LogP contribution in [-0.4, -0.2) is 6.54 Å². The molecule has 19 heavy (non-hydrogen) atoms. The predicted molar refractivity (Wildman–Crippen MR) is 73.0 cm³/mol. The summed E-state index contributed by atoms with van der Waals surface area (Å²) in [7, 11) is 0. The van der Waals surface area contributed by atoms with E-state index in [1.807, 2.05) is 16.8 Å². The van der Waals surface area contributed by atoms with Crippen molar-refractivity contribution in [2.75, 3.05) is 11.9 Å². The van der Waals surface area contributed by atoms with E-state index in [1.54, 1.807) is 11.3 Å². The maximum absolute atomic E-state index is 12.8. The Bertz CT molecular complexity index is 537. The van der Waals surface area contributed by atoms with Gasteiger partial charge < -0.3 is 5.32 Å². The van der Waals surface area contributed by atoms with Crippen LogP contribution in [0, 0.1) is 0 Å². The Morgan fingerprint density at radius 1 is 1.21 bits per heavy atom. The molecule has 0 aliphatic rings. The number of halogens is 4. The van der Waals surface area contributed by atoms with E-state index in [9.17, 15) is 13.2 Å². The van der Waals surface area contributed by atoms with Crippen LogP contribution in [0.3, 0.4) is 0 Å². The van der Waals surface area contributed by atoms with Crippen LogP contribution in [0.4, 0.5) is 18.9 Å². The molecule has 0 saturated carbocycles. The van der Waals surface area contributed by atoms with Gasteiger partial charge in [0, 0.05) is 6.54 Å². The van der Waals surface area contributed by atoms with Crippen molar-refractivity contribution in [2.24, 2.45) is 0 Å². The molecule has 102 valence electrons. The molecule has 6 heteroatoms. The number of thiophene rings is 1. The van der Waals surface area contributed by atoms with Gasteiger partial charge in [0.05, 0.1) is 16.3 Å². The Labute approximate surface area is 118 Å². The quantitative estimate of drug-likeness (QED) is 0.831. The van der Waals surface area contributed by atoms with Crippen LogP contribution in [0.5, 0.6) is 0 Å². The van der Waals surface area contributed by atoms with Crippen molar-refractivity contribution in [2.45, 2.75) is 12.6 Å². The molecule has 2 aromatic rings. The second kappa shape index (κ2) is 5.84. The second-order valence-electron chi connectivity index (χ2n) is 3.97. The molecule has 0 bridgehead atoms. The molecule has 0 saturated heterocycles. The van der Waals surface area contributed by atoms with E-state index in [4.69, 9.17) is 11.6 Å². The fourth-order valence-electron chi connectivity index (χ4n) is 1.71. The van der Waals surface area contributed by atoms with E-state index in [1.165, 1.54) is 12.1 Å². The molecule has 0 aliphatic heterocycles. The zero-order chi connectivity index (χ0) is 13.9. The van der Waals surface area contributed by atoms with Crippen molar-refractivity contribution in [1.82, 2.24) is 0 Å². The molecule has 1 heterocycles. The van der Waals surface area contributed by atoms with Crippen LogP contribution in [-0.2, 0) is 12.6 Å². The van der Waals surface area contributed by atoms with Gasteiger partial charge in [-0.2, -0.15) is 24.5 Å². The van der Waals surface area contributed by atoms with Crippen LogP contribution < -0.4 is 5.32 Å². The molecule has 0 unspecified atom stereocenters. The van der Waals surface area contributed by atoms with E-state index in [0.717, 1.165) is 11.6 Å². The standard InChI is InChI=1S/C13H11ClF3NS/c14-11-3-1-2-10(13(15,16)17)12(11)18-6-4-9-5-7-19-8-9/h1-3,5,7-8,18H,4,6H2. The van der Waals surface area contributed by atoms with Gasteiger partial charge in [-0.25, -0.2) is 0 Å². The normalized spacial score (nSPS) is 11.6. The number of nitrogens with one attached hydrogen (secondary N) is 1. The van der Waals surface area contributed by atoms with E-state index in [2.05, 4.69) is 5.32 Å². The molecule has 2 rings (SSSR count). The first-order chi connectivity index (χ1) is 8.98.